The summed E-state index contributed by atoms with van der Waals surface area (Å²) in [7, 11) is -2.57. The van der Waals surface area contributed by atoms with Crippen LogP contribution < -0.4 is 20.1 Å². The van der Waals surface area contributed by atoms with Gasteiger partial charge in [0.15, 0.2) is 0 Å². The maximum absolute atomic E-state index is 13.7. The Morgan fingerprint density at radius 3 is 2.14 bits per heavy atom. The molecule has 0 bridgehead atoms. The number of carboxylic acids is 1. The lowest BCUT2D eigenvalue weighted by molar-refractivity contribution is -0.139. The van der Waals surface area contributed by atoms with Crippen molar-refractivity contribution >= 4 is 33.7 Å². The average Bonchev–Trinajstić information content (AvgIpc) is 3.60. The third kappa shape index (κ3) is 7.14. The Hall–Kier alpha value is -5.36. The van der Waals surface area contributed by atoms with Gasteiger partial charge in [-0.2, -0.15) is 0 Å². The summed E-state index contributed by atoms with van der Waals surface area (Å²) in [5, 5.41) is 15.4. The van der Waals surface area contributed by atoms with Crippen molar-refractivity contribution in [2.24, 2.45) is 4.99 Å². The molecule has 0 saturated heterocycles. The molecule has 4 aromatic carbocycles. The van der Waals surface area contributed by atoms with Gasteiger partial charge in [-0.3, -0.25) is 4.99 Å². The lowest BCUT2D eigenvalue weighted by Gasteiger charge is -2.20. The van der Waals surface area contributed by atoms with Crippen molar-refractivity contribution in [2.45, 2.75) is 69.9 Å². The van der Waals surface area contributed by atoms with Gasteiger partial charge in [0.2, 0.25) is 5.96 Å². The average molecular weight is 711 g/mol. The van der Waals surface area contributed by atoms with Gasteiger partial charge in [0, 0.05) is 37.1 Å². The van der Waals surface area contributed by atoms with Gasteiger partial charge in [0.1, 0.15) is 24.0 Å². The molecule has 12 heteroatoms. The summed E-state index contributed by atoms with van der Waals surface area (Å²) in [6.45, 7) is 9.46. The first-order chi connectivity index (χ1) is 24.2. The zero-order valence-corrected chi connectivity index (χ0v) is 30.3. The molecule has 11 nitrogen and oxygen atoms in total. The molecule has 0 spiro atoms. The number of amides is 1. The smallest absolute Gasteiger partial charge is 0.407 e. The number of rotatable bonds is 9. The first kappa shape index (κ1) is 35.5. The number of fused-ring (bicyclic) bond motifs is 4. The van der Waals surface area contributed by atoms with Crippen molar-refractivity contribution in [2.75, 3.05) is 19.0 Å². The van der Waals surface area contributed by atoms with Crippen molar-refractivity contribution in [3.63, 3.8) is 0 Å². The number of carbonyl (C=O) groups excluding carboxylic acids is 1. The number of carboxylic acid groups (broad SMARTS) is 1. The number of guanidine groups is 1. The summed E-state index contributed by atoms with van der Waals surface area (Å²) in [6.07, 6.45) is -0.224. The molecule has 1 aliphatic carbocycles. The number of nitrogens with zero attached hydrogens (tertiary/aromatic N) is 1. The number of hydrogen-bond acceptors (Lipinski definition) is 7. The van der Waals surface area contributed by atoms with E-state index in [0.29, 0.717) is 28.8 Å². The Morgan fingerprint density at radius 1 is 0.941 bits per heavy atom. The molecule has 1 heterocycles. The molecule has 1 amide bonds. The minimum atomic E-state index is -4.04. The highest BCUT2D eigenvalue weighted by Crippen LogP contribution is 2.45. The molecule has 2 aliphatic rings. The summed E-state index contributed by atoms with van der Waals surface area (Å²) < 4.78 is 41.7. The number of aliphatic imine (C=N–C) groups is 1. The molecule has 1 aliphatic heterocycles. The summed E-state index contributed by atoms with van der Waals surface area (Å²) in [5.41, 5.74) is 7.95. The molecule has 4 aromatic rings. The van der Waals surface area contributed by atoms with Gasteiger partial charge in [0.05, 0.1) is 4.90 Å². The number of sulfonamides is 1. The highest BCUT2D eigenvalue weighted by molar-refractivity contribution is 7.90. The first-order valence-corrected chi connectivity index (χ1v) is 18.2. The maximum Gasteiger partial charge on any atom is 0.407 e. The van der Waals surface area contributed by atoms with E-state index >= 15 is 0 Å². The van der Waals surface area contributed by atoms with E-state index in [-0.39, 0.29) is 29.8 Å². The predicted octanol–water partition coefficient (Wildman–Crippen LogP) is 6.24. The quantitative estimate of drug-likeness (QED) is 0.118. The number of nitrogens with one attached hydrogen (secondary N) is 3. The SMILES string of the molecule is C/N=C(/Nc1ccc(C[C@H](NC(=O)OCC2c3ccccc3-c3ccccc32)C(=O)O)cc1)NS(=O)(=O)c1c(C)c(C)c2c(c1C)CC(C)(C)O2. The summed E-state index contributed by atoms with van der Waals surface area (Å²) in [5.74, 6) is -0.602. The van der Waals surface area contributed by atoms with E-state index in [1.165, 1.54) is 7.05 Å². The van der Waals surface area contributed by atoms with E-state index in [0.717, 1.165) is 39.1 Å². The number of carbonyl (C=O) groups is 2. The number of ether oxygens (including phenoxy) is 2. The van der Waals surface area contributed by atoms with Crippen molar-refractivity contribution in [1.29, 1.82) is 0 Å². The summed E-state index contributed by atoms with van der Waals surface area (Å²) in [6, 6.07) is 21.4. The van der Waals surface area contributed by atoms with Crippen LogP contribution in [0.3, 0.4) is 0 Å². The van der Waals surface area contributed by atoms with Gasteiger partial charge in [-0.1, -0.05) is 60.7 Å². The predicted molar refractivity (Wildman–Crippen MR) is 196 cm³/mol. The van der Waals surface area contributed by atoms with Crippen molar-refractivity contribution in [1.82, 2.24) is 10.0 Å². The minimum absolute atomic E-state index is 0.00207. The lowest BCUT2D eigenvalue weighted by Crippen LogP contribution is -2.42. The number of alkyl carbamates (subject to hydrolysis) is 1. The van der Waals surface area contributed by atoms with E-state index in [9.17, 15) is 23.1 Å². The van der Waals surface area contributed by atoms with Gasteiger partial charge in [0.25, 0.3) is 10.0 Å². The third-order valence-electron chi connectivity index (χ3n) is 9.61. The largest absolute Gasteiger partial charge is 0.487 e. The van der Waals surface area contributed by atoms with Crippen LogP contribution in [0.4, 0.5) is 10.5 Å². The second kappa shape index (κ2) is 13.7. The monoisotopic (exact) mass is 710 g/mol. The Morgan fingerprint density at radius 2 is 1.55 bits per heavy atom. The molecule has 6 rings (SSSR count). The van der Waals surface area contributed by atoms with Crippen LogP contribution in [0, 0.1) is 20.8 Å². The van der Waals surface area contributed by atoms with Gasteiger partial charge < -0.3 is 25.2 Å². The zero-order valence-electron chi connectivity index (χ0n) is 29.5. The van der Waals surface area contributed by atoms with Crippen LogP contribution >= 0.6 is 0 Å². The Labute approximate surface area is 298 Å². The molecule has 0 unspecified atom stereocenters. The second-order valence-electron chi connectivity index (χ2n) is 13.6. The number of anilines is 1. The minimum Gasteiger partial charge on any atom is -0.487 e. The van der Waals surface area contributed by atoms with E-state index < -0.39 is 33.7 Å². The van der Waals surface area contributed by atoms with Crippen molar-refractivity contribution in [3.05, 3.63) is 112 Å². The van der Waals surface area contributed by atoms with Gasteiger partial charge in [-0.25, -0.2) is 22.7 Å². The molecule has 51 heavy (non-hydrogen) atoms. The molecule has 1 atom stereocenters. The molecule has 0 aromatic heterocycles. The van der Waals surface area contributed by atoms with Gasteiger partial charge in [-0.05, 0) is 91.3 Å². The first-order valence-electron chi connectivity index (χ1n) is 16.7. The molecular weight excluding hydrogens is 669 g/mol. The second-order valence-corrected chi connectivity index (χ2v) is 15.2. The van der Waals surface area contributed by atoms with E-state index in [2.05, 4.69) is 20.3 Å². The Kier molecular flexibility index (Phi) is 9.56. The molecular formula is C39H42N4O7S. The number of aliphatic carboxylic acids is 1. The summed E-state index contributed by atoms with van der Waals surface area (Å²) >= 11 is 0. The molecule has 0 radical (unpaired) electrons. The Balaban J connectivity index is 1.08. The van der Waals surface area contributed by atoms with Crippen LogP contribution in [-0.2, 0) is 32.4 Å². The van der Waals surface area contributed by atoms with E-state index in [1.54, 1.807) is 38.1 Å². The van der Waals surface area contributed by atoms with E-state index in [4.69, 9.17) is 9.47 Å². The normalized spacial score (nSPS) is 15.2. The topological polar surface area (TPSA) is 155 Å². The summed E-state index contributed by atoms with van der Waals surface area (Å²) in [4.78, 5) is 29.3. The maximum atomic E-state index is 13.7. The molecule has 4 N–H and O–H groups in total. The van der Waals surface area contributed by atoms with Crippen LogP contribution in [0.15, 0.2) is 82.7 Å². The van der Waals surface area contributed by atoms with Crippen LogP contribution in [0.2, 0.25) is 0 Å². The number of hydrogen-bond donors (Lipinski definition) is 4. The van der Waals surface area contributed by atoms with E-state index in [1.807, 2.05) is 69.3 Å². The third-order valence-corrected chi connectivity index (χ3v) is 11.2. The highest BCUT2D eigenvalue weighted by atomic mass is 32.2. The molecule has 266 valence electrons. The fourth-order valence-electron chi connectivity index (χ4n) is 7.03. The molecule has 0 fully saturated rings. The van der Waals surface area contributed by atoms with Crippen LogP contribution in [0.5, 0.6) is 5.75 Å². The fraction of sp³-hybridized carbons (Fsp3) is 0.308. The van der Waals surface area contributed by atoms with Crippen LogP contribution in [0.25, 0.3) is 11.1 Å². The standard InChI is InChI=1S/C39H42N4O7S/c1-22-23(2)35(24(3)31-20-39(4,5)50-34(22)31)51(47,48)43-37(40-6)41-26-17-15-25(16-18-26)19-33(36(44)45)42-38(46)49-21-32-29-13-9-7-11-27(29)28-12-8-10-14-30(28)32/h7-18,32-33H,19-21H2,1-6H3,(H,42,46)(H,44,45)(H2,40,41,43)/t33-/m0/s1. The fourth-order valence-corrected chi connectivity index (χ4v) is 8.61. The molecule has 0 saturated carbocycles. The van der Waals surface area contributed by atoms with Crippen LogP contribution in [0.1, 0.15) is 58.7 Å². The van der Waals surface area contributed by atoms with Gasteiger partial charge in [-0.15, -0.1) is 0 Å². The highest BCUT2D eigenvalue weighted by Gasteiger charge is 2.37. The number of benzene rings is 4. The van der Waals surface area contributed by atoms with Crippen molar-refractivity contribution in [3.8, 4) is 16.9 Å². The van der Waals surface area contributed by atoms with Gasteiger partial charge >= 0.3 is 12.1 Å². The van der Waals surface area contributed by atoms with Crippen molar-refractivity contribution < 1.29 is 32.6 Å². The van der Waals surface area contributed by atoms with Crippen LogP contribution in [-0.4, -0.2) is 56.8 Å². The lowest BCUT2D eigenvalue weighted by atomic mass is 9.94. The Bertz CT molecular complexity index is 2120. The zero-order chi connectivity index (χ0) is 36.7.